The summed E-state index contributed by atoms with van der Waals surface area (Å²) in [6, 6.07) is 6.18. The Kier molecular flexibility index (Phi) is 8.16. The number of thiazole rings is 1. The fraction of sp³-hybridized carbons (Fsp3) is 0.500. The van der Waals surface area contributed by atoms with Gasteiger partial charge in [0.15, 0.2) is 4.80 Å². The number of rotatable bonds is 8. The van der Waals surface area contributed by atoms with E-state index in [-0.39, 0.29) is 17.6 Å². The van der Waals surface area contributed by atoms with Crippen molar-refractivity contribution in [1.29, 1.82) is 0 Å². The third-order valence-electron chi connectivity index (χ3n) is 5.07. The van der Waals surface area contributed by atoms with Gasteiger partial charge >= 0.3 is 0 Å². The lowest BCUT2D eigenvalue weighted by molar-refractivity contribution is -0.131. The maximum absolute atomic E-state index is 12.5. The van der Waals surface area contributed by atoms with Crippen molar-refractivity contribution < 1.29 is 14.3 Å². The highest BCUT2D eigenvalue weighted by molar-refractivity contribution is 8.00. The van der Waals surface area contributed by atoms with E-state index in [1.807, 2.05) is 34.6 Å². The van der Waals surface area contributed by atoms with Gasteiger partial charge in [0.25, 0.3) is 5.91 Å². The van der Waals surface area contributed by atoms with E-state index in [0.29, 0.717) is 29.7 Å². The Morgan fingerprint density at radius 3 is 2.93 bits per heavy atom. The van der Waals surface area contributed by atoms with Gasteiger partial charge in [0.2, 0.25) is 5.91 Å². The van der Waals surface area contributed by atoms with Gasteiger partial charge in [-0.1, -0.05) is 17.4 Å². The van der Waals surface area contributed by atoms with Crippen LogP contribution in [0.5, 0.6) is 5.75 Å². The lowest BCUT2D eigenvalue weighted by Gasteiger charge is -2.33. The number of fused-ring (bicyclic) bond motifs is 1. The topological polar surface area (TPSA) is 63.9 Å². The molecule has 0 N–H and O–H groups in total. The number of amides is 2. The fourth-order valence-electron chi connectivity index (χ4n) is 3.62. The number of ether oxygens (including phenoxy) is 1. The summed E-state index contributed by atoms with van der Waals surface area (Å²) in [5, 5.41) is 0. The molecule has 0 spiro atoms. The monoisotopic (exact) mass is 447 g/mol. The van der Waals surface area contributed by atoms with Crippen LogP contribution < -0.4 is 9.54 Å². The van der Waals surface area contributed by atoms with Crippen LogP contribution in [0.4, 0.5) is 0 Å². The van der Waals surface area contributed by atoms with E-state index in [0.717, 1.165) is 35.4 Å². The van der Waals surface area contributed by atoms with E-state index in [4.69, 9.17) is 4.74 Å². The Balaban J connectivity index is 1.68. The van der Waals surface area contributed by atoms with Crippen LogP contribution in [0, 0.1) is 0 Å². The van der Waals surface area contributed by atoms with Crippen molar-refractivity contribution in [3.63, 3.8) is 0 Å². The molecule has 162 valence electrons. The molecule has 0 bridgehead atoms. The summed E-state index contributed by atoms with van der Waals surface area (Å²) in [7, 11) is 0. The highest BCUT2D eigenvalue weighted by Crippen LogP contribution is 2.23. The minimum atomic E-state index is -0.228. The second kappa shape index (κ2) is 10.8. The highest BCUT2D eigenvalue weighted by atomic mass is 32.2. The molecule has 2 aromatic rings. The van der Waals surface area contributed by atoms with E-state index in [2.05, 4.69) is 18.5 Å². The fourth-order valence-corrected chi connectivity index (χ4v) is 5.38. The second-order valence-corrected chi connectivity index (χ2v) is 9.27. The molecule has 1 aliphatic rings. The molecule has 8 heteroatoms. The van der Waals surface area contributed by atoms with Crippen LogP contribution in [0.3, 0.4) is 0 Å². The third-order valence-corrected chi connectivity index (χ3v) is 7.01. The number of nitrogens with zero attached hydrogens (tertiary/aromatic N) is 3. The van der Waals surface area contributed by atoms with Crippen molar-refractivity contribution in [2.75, 3.05) is 24.7 Å². The summed E-state index contributed by atoms with van der Waals surface area (Å²) in [6.45, 7) is 9.86. The number of carbonyl (C=O) groups is 2. The number of carbonyl (C=O) groups excluding carboxylic acids is 2. The zero-order valence-electron chi connectivity index (χ0n) is 17.6. The molecule has 0 saturated carbocycles. The van der Waals surface area contributed by atoms with Crippen LogP contribution >= 0.6 is 23.1 Å². The molecule has 1 atom stereocenters. The van der Waals surface area contributed by atoms with Crippen molar-refractivity contribution in [3.8, 4) is 5.75 Å². The summed E-state index contributed by atoms with van der Waals surface area (Å²) >= 11 is 2.80. The lowest BCUT2D eigenvalue weighted by atomic mass is 10.0. The van der Waals surface area contributed by atoms with Crippen LogP contribution in [0.25, 0.3) is 10.2 Å². The first-order valence-corrected chi connectivity index (χ1v) is 12.3. The molecule has 1 saturated heterocycles. The molecular formula is C22H29N3O3S2. The van der Waals surface area contributed by atoms with Gasteiger partial charge in [0.1, 0.15) is 5.75 Å². The minimum Gasteiger partial charge on any atom is -0.494 e. The van der Waals surface area contributed by atoms with E-state index in [1.165, 1.54) is 29.5 Å². The molecular weight excluding hydrogens is 418 g/mol. The molecule has 2 amide bonds. The number of likely N-dealkylation sites (tertiary alicyclic amines) is 1. The van der Waals surface area contributed by atoms with Crippen molar-refractivity contribution in [3.05, 3.63) is 35.7 Å². The molecule has 2 heterocycles. The Labute approximate surface area is 185 Å². The maximum Gasteiger partial charge on any atom is 0.258 e. The summed E-state index contributed by atoms with van der Waals surface area (Å²) in [4.78, 5) is 31.8. The molecule has 6 nitrogen and oxygen atoms in total. The Morgan fingerprint density at radius 2 is 2.20 bits per heavy atom. The van der Waals surface area contributed by atoms with Gasteiger partial charge < -0.3 is 14.2 Å². The van der Waals surface area contributed by atoms with Crippen molar-refractivity contribution in [2.24, 2.45) is 4.99 Å². The molecule has 1 aliphatic heterocycles. The average Bonchev–Trinajstić information content (AvgIpc) is 3.05. The standard InChI is InChI=1S/C22H29N3O3S2/c1-4-11-25-18-10-9-17(28-5-2)13-19(18)30-22(25)23-20(26)14-29-15-21(27)24-12-7-6-8-16(24)3/h4,9-10,13,16H,1,5-8,11-12,14-15H2,2-3H3. The molecule has 1 aromatic carbocycles. The zero-order chi connectivity index (χ0) is 21.5. The molecule has 1 aromatic heterocycles. The van der Waals surface area contributed by atoms with Gasteiger partial charge in [-0.15, -0.1) is 18.3 Å². The Hall–Kier alpha value is -2.06. The van der Waals surface area contributed by atoms with Gasteiger partial charge in [-0.05, 0) is 51.3 Å². The zero-order valence-corrected chi connectivity index (χ0v) is 19.3. The molecule has 3 rings (SSSR count). The lowest BCUT2D eigenvalue weighted by Crippen LogP contribution is -2.43. The van der Waals surface area contributed by atoms with Gasteiger partial charge in [0, 0.05) is 19.1 Å². The number of aromatic nitrogens is 1. The van der Waals surface area contributed by atoms with Crippen LogP contribution in [0.15, 0.2) is 35.8 Å². The van der Waals surface area contributed by atoms with Crippen molar-refractivity contribution in [1.82, 2.24) is 9.47 Å². The first-order valence-electron chi connectivity index (χ1n) is 10.3. The predicted octanol–water partition coefficient (Wildman–Crippen LogP) is 3.85. The summed E-state index contributed by atoms with van der Waals surface area (Å²) in [5.74, 6) is 1.21. The third kappa shape index (κ3) is 5.55. The number of hydrogen-bond donors (Lipinski definition) is 0. The largest absolute Gasteiger partial charge is 0.494 e. The van der Waals surface area contributed by atoms with Crippen molar-refractivity contribution >= 4 is 45.1 Å². The van der Waals surface area contributed by atoms with E-state index >= 15 is 0 Å². The number of hydrogen-bond acceptors (Lipinski definition) is 5. The predicted molar refractivity (Wildman–Crippen MR) is 124 cm³/mol. The smallest absolute Gasteiger partial charge is 0.258 e. The van der Waals surface area contributed by atoms with Gasteiger partial charge in [-0.25, -0.2) is 0 Å². The van der Waals surface area contributed by atoms with Crippen molar-refractivity contribution in [2.45, 2.75) is 45.7 Å². The Morgan fingerprint density at radius 1 is 1.37 bits per heavy atom. The minimum absolute atomic E-state index is 0.118. The van der Waals surface area contributed by atoms with Crippen LogP contribution in [0.2, 0.25) is 0 Å². The average molecular weight is 448 g/mol. The SMILES string of the molecule is C=CCn1c(=NC(=O)CSCC(=O)N2CCCCC2C)sc2cc(OCC)ccc21. The van der Waals surface area contributed by atoms with E-state index in [1.54, 1.807) is 6.08 Å². The van der Waals surface area contributed by atoms with Gasteiger partial charge in [0.05, 0.1) is 28.3 Å². The molecule has 1 unspecified atom stereocenters. The van der Waals surface area contributed by atoms with E-state index < -0.39 is 0 Å². The molecule has 0 radical (unpaired) electrons. The molecule has 1 fully saturated rings. The molecule has 30 heavy (non-hydrogen) atoms. The van der Waals surface area contributed by atoms with Gasteiger partial charge in [-0.2, -0.15) is 4.99 Å². The first-order chi connectivity index (χ1) is 14.5. The quantitative estimate of drug-likeness (QED) is 0.577. The van der Waals surface area contributed by atoms with E-state index in [9.17, 15) is 9.59 Å². The Bertz CT molecular complexity index is 980. The van der Waals surface area contributed by atoms with Crippen LogP contribution in [0.1, 0.15) is 33.1 Å². The first kappa shape index (κ1) is 22.6. The summed E-state index contributed by atoms with van der Waals surface area (Å²) in [6.07, 6.45) is 5.10. The van der Waals surface area contributed by atoms with Gasteiger partial charge in [-0.3, -0.25) is 9.59 Å². The number of thioether (sulfide) groups is 1. The number of benzene rings is 1. The highest BCUT2D eigenvalue weighted by Gasteiger charge is 2.22. The number of piperidine rings is 1. The maximum atomic E-state index is 12.5. The molecule has 0 aliphatic carbocycles. The van der Waals surface area contributed by atoms with Crippen LogP contribution in [-0.4, -0.2) is 52.0 Å². The normalized spacial score (nSPS) is 17.3. The second-order valence-electron chi connectivity index (χ2n) is 7.28. The summed E-state index contributed by atoms with van der Waals surface area (Å²) < 4.78 is 8.57. The summed E-state index contributed by atoms with van der Waals surface area (Å²) in [5.41, 5.74) is 0.997. The van der Waals surface area contributed by atoms with Crippen LogP contribution in [-0.2, 0) is 16.1 Å². The number of allylic oxidation sites excluding steroid dienone is 1.